The van der Waals surface area contributed by atoms with Crippen molar-refractivity contribution in [2.24, 2.45) is 0 Å². The summed E-state index contributed by atoms with van der Waals surface area (Å²) in [6.07, 6.45) is 3.87. The number of hydrogen-bond acceptors (Lipinski definition) is 2. The van der Waals surface area contributed by atoms with E-state index in [4.69, 9.17) is 0 Å². The van der Waals surface area contributed by atoms with Crippen molar-refractivity contribution in [2.45, 2.75) is 57.4 Å². The number of benzene rings is 1. The molecule has 1 aromatic carbocycles. The SMILES string of the molecule is CCNC(=O)C1(NC(=O)CC(C)c2ccccc2)CCCC1. The summed E-state index contributed by atoms with van der Waals surface area (Å²) in [7, 11) is 0. The predicted octanol–water partition coefficient (Wildman–Crippen LogP) is 2.75. The third kappa shape index (κ3) is 3.87. The molecule has 1 aliphatic carbocycles. The van der Waals surface area contributed by atoms with Crippen LogP contribution in [0.4, 0.5) is 0 Å². The van der Waals surface area contributed by atoms with Gasteiger partial charge in [-0.25, -0.2) is 0 Å². The van der Waals surface area contributed by atoms with Crippen molar-refractivity contribution in [3.05, 3.63) is 35.9 Å². The van der Waals surface area contributed by atoms with Crippen LogP contribution < -0.4 is 10.6 Å². The van der Waals surface area contributed by atoms with E-state index >= 15 is 0 Å². The Morgan fingerprint density at radius 1 is 1.18 bits per heavy atom. The maximum absolute atomic E-state index is 12.4. The van der Waals surface area contributed by atoms with Crippen LogP contribution in [0.1, 0.15) is 57.4 Å². The second-order valence-corrected chi connectivity index (χ2v) is 6.21. The minimum absolute atomic E-state index is 0.0341. The molecule has 1 aliphatic rings. The van der Waals surface area contributed by atoms with E-state index in [0.29, 0.717) is 13.0 Å². The molecule has 1 aromatic rings. The average Bonchev–Trinajstić information content (AvgIpc) is 2.98. The van der Waals surface area contributed by atoms with Gasteiger partial charge in [0.15, 0.2) is 0 Å². The van der Waals surface area contributed by atoms with E-state index in [9.17, 15) is 9.59 Å². The Bertz CT molecular complexity index is 507. The number of rotatable bonds is 6. The highest BCUT2D eigenvalue weighted by atomic mass is 16.2. The zero-order chi connectivity index (χ0) is 16.0. The third-order valence-corrected chi connectivity index (χ3v) is 4.47. The fourth-order valence-corrected chi connectivity index (χ4v) is 3.21. The van der Waals surface area contributed by atoms with Crippen molar-refractivity contribution in [3.8, 4) is 0 Å². The maximum Gasteiger partial charge on any atom is 0.245 e. The van der Waals surface area contributed by atoms with E-state index in [1.54, 1.807) is 0 Å². The lowest BCUT2D eigenvalue weighted by atomic mass is 9.93. The zero-order valence-electron chi connectivity index (χ0n) is 13.5. The van der Waals surface area contributed by atoms with Gasteiger partial charge in [0, 0.05) is 13.0 Å². The molecule has 0 heterocycles. The molecule has 4 nitrogen and oxygen atoms in total. The van der Waals surface area contributed by atoms with Crippen LogP contribution in [-0.4, -0.2) is 23.9 Å². The monoisotopic (exact) mass is 302 g/mol. The number of amides is 2. The fourth-order valence-electron chi connectivity index (χ4n) is 3.21. The van der Waals surface area contributed by atoms with Crippen molar-refractivity contribution in [1.29, 1.82) is 0 Å². The first-order chi connectivity index (χ1) is 10.6. The Labute approximate surface area is 132 Å². The molecule has 1 fully saturated rings. The fraction of sp³-hybridized carbons (Fsp3) is 0.556. The van der Waals surface area contributed by atoms with Crippen molar-refractivity contribution in [2.75, 3.05) is 6.54 Å². The summed E-state index contributed by atoms with van der Waals surface area (Å²) in [5, 5.41) is 5.89. The van der Waals surface area contributed by atoms with E-state index in [-0.39, 0.29) is 17.7 Å². The molecule has 0 saturated heterocycles. The molecule has 0 bridgehead atoms. The van der Waals surface area contributed by atoms with E-state index in [1.165, 1.54) is 0 Å². The number of carbonyl (C=O) groups is 2. The van der Waals surface area contributed by atoms with Gasteiger partial charge in [0.05, 0.1) is 0 Å². The van der Waals surface area contributed by atoms with E-state index in [1.807, 2.05) is 44.2 Å². The summed E-state index contributed by atoms with van der Waals surface area (Å²) in [5.41, 5.74) is 0.458. The topological polar surface area (TPSA) is 58.2 Å². The zero-order valence-corrected chi connectivity index (χ0v) is 13.5. The third-order valence-electron chi connectivity index (χ3n) is 4.47. The van der Waals surface area contributed by atoms with Crippen LogP contribution >= 0.6 is 0 Å². The van der Waals surface area contributed by atoms with Crippen LogP contribution in [0.2, 0.25) is 0 Å². The van der Waals surface area contributed by atoms with Gasteiger partial charge < -0.3 is 10.6 Å². The lowest BCUT2D eigenvalue weighted by molar-refractivity contribution is -0.133. The molecule has 0 spiro atoms. The molecular formula is C18H26N2O2. The van der Waals surface area contributed by atoms with Gasteiger partial charge in [-0.2, -0.15) is 0 Å². The summed E-state index contributed by atoms with van der Waals surface area (Å²) in [4.78, 5) is 24.7. The van der Waals surface area contributed by atoms with Gasteiger partial charge in [-0.05, 0) is 31.2 Å². The van der Waals surface area contributed by atoms with Gasteiger partial charge in [0.25, 0.3) is 0 Å². The van der Waals surface area contributed by atoms with Crippen molar-refractivity contribution < 1.29 is 9.59 Å². The first-order valence-corrected chi connectivity index (χ1v) is 8.21. The molecular weight excluding hydrogens is 276 g/mol. The molecule has 1 saturated carbocycles. The Morgan fingerprint density at radius 3 is 2.41 bits per heavy atom. The molecule has 4 heteroatoms. The highest BCUT2D eigenvalue weighted by molar-refractivity contribution is 5.91. The van der Waals surface area contributed by atoms with Gasteiger partial charge in [-0.1, -0.05) is 50.1 Å². The Morgan fingerprint density at radius 2 is 1.82 bits per heavy atom. The van der Waals surface area contributed by atoms with Crippen LogP contribution in [0.5, 0.6) is 0 Å². The molecule has 2 N–H and O–H groups in total. The molecule has 1 atom stereocenters. The lowest BCUT2D eigenvalue weighted by Crippen LogP contribution is -2.57. The minimum Gasteiger partial charge on any atom is -0.354 e. The molecule has 0 aromatic heterocycles. The van der Waals surface area contributed by atoms with E-state index < -0.39 is 5.54 Å². The lowest BCUT2D eigenvalue weighted by Gasteiger charge is -2.29. The van der Waals surface area contributed by atoms with Crippen molar-refractivity contribution in [1.82, 2.24) is 10.6 Å². The average molecular weight is 302 g/mol. The second kappa shape index (κ2) is 7.43. The number of nitrogens with one attached hydrogen (secondary N) is 2. The Balaban J connectivity index is 1.98. The van der Waals surface area contributed by atoms with Gasteiger partial charge in [0.1, 0.15) is 5.54 Å². The van der Waals surface area contributed by atoms with E-state index in [0.717, 1.165) is 31.2 Å². The number of hydrogen-bond donors (Lipinski definition) is 2. The normalized spacial score (nSPS) is 17.7. The highest BCUT2D eigenvalue weighted by Crippen LogP contribution is 2.30. The molecule has 1 unspecified atom stereocenters. The first kappa shape index (κ1) is 16.5. The van der Waals surface area contributed by atoms with Crippen molar-refractivity contribution >= 4 is 11.8 Å². The number of carbonyl (C=O) groups excluding carboxylic acids is 2. The summed E-state index contributed by atoms with van der Waals surface area (Å²) in [6, 6.07) is 10.0. The molecule has 0 aliphatic heterocycles. The standard InChI is InChI=1S/C18H26N2O2/c1-3-19-17(22)18(11-7-8-12-18)20-16(21)13-14(2)15-9-5-4-6-10-15/h4-6,9-10,14H,3,7-8,11-13H2,1-2H3,(H,19,22)(H,20,21). The summed E-state index contributed by atoms with van der Waals surface area (Å²) < 4.78 is 0. The molecule has 120 valence electrons. The second-order valence-electron chi connectivity index (χ2n) is 6.21. The van der Waals surface area contributed by atoms with Crippen LogP contribution in [-0.2, 0) is 9.59 Å². The molecule has 2 rings (SSSR count). The Kier molecular flexibility index (Phi) is 5.58. The first-order valence-electron chi connectivity index (χ1n) is 8.21. The van der Waals surface area contributed by atoms with Gasteiger partial charge in [0.2, 0.25) is 11.8 Å². The van der Waals surface area contributed by atoms with Crippen LogP contribution in [0, 0.1) is 0 Å². The van der Waals surface area contributed by atoms with Crippen LogP contribution in [0.15, 0.2) is 30.3 Å². The largest absolute Gasteiger partial charge is 0.354 e. The highest BCUT2D eigenvalue weighted by Gasteiger charge is 2.42. The number of likely N-dealkylation sites (N-methyl/N-ethyl adjacent to an activating group) is 1. The smallest absolute Gasteiger partial charge is 0.245 e. The van der Waals surface area contributed by atoms with Gasteiger partial charge in [-0.15, -0.1) is 0 Å². The maximum atomic E-state index is 12.4. The summed E-state index contributed by atoms with van der Waals surface area (Å²) in [6.45, 7) is 4.54. The van der Waals surface area contributed by atoms with Gasteiger partial charge in [-0.3, -0.25) is 9.59 Å². The quantitative estimate of drug-likeness (QED) is 0.849. The molecule has 0 radical (unpaired) electrons. The summed E-state index contributed by atoms with van der Waals surface area (Å²) >= 11 is 0. The van der Waals surface area contributed by atoms with Crippen LogP contribution in [0.3, 0.4) is 0 Å². The van der Waals surface area contributed by atoms with Crippen LogP contribution in [0.25, 0.3) is 0 Å². The van der Waals surface area contributed by atoms with E-state index in [2.05, 4.69) is 10.6 Å². The van der Waals surface area contributed by atoms with Crippen molar-refractivity contribution in [3.63, 3.8) is 0 Å². The molecule has 22 heavy (non-hydrogen) atoms. The summed E-state index contributed by atoms with van der Waals surface area (Å²) in [5.74, 6) is 0.0756. The Hall–Kier alpha value is -1.84. The molecule has 2 amide bonds. The minimum atomic E-state index is -0.691. The van der Waals surface area contributed by atoms with Gasteiger partial charge >= 0.3 is 0 Å². The predicted molar refractivity (Wildman–Crippen MR) is 87.5 cm³/mol.